The number of hydrogen-bond donors (Lipinski definition) is 1. The highest BCUT2D eigenvalue weighted by molar-refractivity contribution is 5.27. The number of rotatable bonds is 6. The van der Waals surface area contributed by atoms with Gasteiger partial charge in [-0.25, -0.2) is 4.39 Å². The van der Waals surface area contributed by atoms with Gasteiger partial charge in [-0.15, -0.1) is 6.58 Å². The van der Waals surface area contributed by atoms with E-state index >= 15 is 0 Å². The quantitative estimate of drug-likeness (QED) is 0.411. The maximum atomic E-state index is 13.4. The van der Waals surface area contributed by atoms with Crippen LogP contribution >= 0.6 is 0 Å². The lowest BCUT2D eigenvalue weighted by atomic mass is 10.1. The van der Waals surface area contributed by atoms with Crippen molar-refractivity contribution in [1.29, 1.82) is 0 Å². The first-order chi connectivity index (χ1) is 10.3. The summed E-state index contributed by atoms with van der Waals surface area (Å²) in [5.41, 5.74) is -0.758. The first-order valence-electron chi connectivity index (χ1n) is 7.39. The van der Waals surface area contributed by atoms with Gasteiger partial charge in [0.1, 0.15) is 5.82 Å². The number of benzene rings is 1. The Hall–Kier alpha value is -1.36. The molecule has 1 aromatic carbocycles. The van der Waals surface area contributed by atoms with Crippen LogP contribution in [-0.4, -0.2) is 6.54 Å². The molecule has 0 radical (unpaired) electrons. The van der Waals surface area contributed by atoms with Gasteiger partial charge in [0.2, 0.25) is 0 Å². The largest absolute Gasteiger partial charge is 0.416 e. The molecule has 0 aromatic heterocycles. The van der Waals surface area contributed by atoms with E-state index in [0.29, 0.717) is 12.5 Å². The Kier molecular flexibility index (Phi) is 9.74. The van der Waals surface area contributed by atoms with Crippen LogP contribution in [-0.2, 0) is 12.7 Å². The molecule has 0 saturated heterocycles. The molecule has 0 aliphatic carbocycles. The average Bonchev–Trinajstić information content (AvgIpc) is 2.44. The van der Waals surface area contributed by atoms with Crippen molar-refractivity contribution >= 4 is 0 Å². The molecule has 5 heteroatoms. The zero-order valence-electron chi connectivity index (χ0n) is 13.4. The minimum absolute atomic E-state index is 0.0546. The lowest BCUT2D eigenvalue weighted by Gasteiger charge is -2.12. The van der Waals surface area contributed by atoms with E-state index in [4.69, 9.17) is 0 Å². The van der Waals surface area contributed by atoms with Crippen LogP contribution < -0.4 is 5.32 Å². The Balaban J connectivity index is 0.00000135. The van der Waals surface area contributed by atoms with Gasteiger partial charge in [0.05, 0.1) is 5.56 Å². The van der Waals surface area contributed by atoms with Crippen molar-refractivity contribution in [2.75, 3.05) is 6.54 Å². The highest BCUT2D eigenvalue weighted by Gasteiger charge is 2.30. The summed E-state index contributed by atoms with van der Waals surface area (Å²) < 4.78 is 50.9. The molecule has 1 rings (SSSR count). The topological polar surface area (TPSA) is 12.0 Å². The summed E-state index contributed by atoms with van der Waals surface area (Å²) in [7, 11) is 0. The van der Waals surface area contributed by atoms with Crippen LogP contribution in [0.25, 0.3) is 0 Å². The van der Waals surface area contributed by atoms with E-state index < -0.39 is 17.6 Å². The van der Waals surface area contributed by atoms with Gasteiger partial charge >= 0.3 is 6.18 Å². The van der Waals surface area contributed by atoms with E-state index in [9.17, 15) is 17.6 Å². The third-order valence-corrected chi connectivity index (χ3v) is 3.20. The van der Waals surface area contributed by atoms with Gasteiger partial charge in [0, 0.05) is 12.1 Å². The van der Waals surface area contributed by atoms with Crippen LogP contribution in [0.3, 0.4) is 0 Å². The zero-order valence-corrected chi connectivity index (χ0v) is 13.4. The Morgan fingerprint density at radius 3 is 2.41 bits per heavy atom. The maximum Gasteiger partial charge on any atom is 0.416 e. The molecule has 0 heterocycles. The van der Waals surface area contributed by atoms with E-state index in [1.54, 1.807) is 6.08 Å². The Labute approximate surface area is 130 Å². The number of alkyl halides is 3. The van der Waals surface area contributed by atoms with Gasteiger partial charge < -0.3 is 5.32 Å². The number of nitrogens with one attached hydrogen (secondary N) is 1. The average molecular weight is 319 g/mol. The fraction of sp³-hybridized carbons (Fsp3) is 0.529. The second kappa shape index (κ2) is 10.4. The fourth-order valence-corrected chi connectivity index (χ4v) is 1.66. The highest BCUT2D eigenvalue weighted by Crippen LogP contribution is 2.30. The molecule has 0 saturated carbocycles. The molecule has 22 heavy (non-hydrogen) atoms. The summed E-state index contributed by atoms with van der Waals surface area (Å²) >= 11 is 0. The Morgan fingerprint density at radius 2 is 1.91 bits per heavy atom. The third kappa shape index (κ3) is 8.17. The molecule has 0 amide bonds. The molecule has 1 nitrogen and oxygen atoms in total. The molecule has 0 fully saturated rings. The number of allylic oxidation sites excluding steroid dienone is 1. The number of hydrogen-bond acceptors (Lipinski definition) is 1. The van der Waals surface area contributed by atoms with E-state index in [-0.39, 0.29) is 12.1 Å². The summed E-state index contributed by atoms with van der Waals surface area (Å²) in [6.45, 7) is 10.2. The van der Waals surface area contributed by atoms with E-state index in [2.05, 4.69) is 25.7 Å². The monoisotopic (exact) mass is 319 g/mol. The summed E-state index contributed by atoms with van der Waals surface area (Å²) in [6, 6.07) is 2.50. The Morgan fingerprint density at radius 1 is 1.32 bits per heavy atom. The molecular weight excluding hydrogens is 294 g/mol. The lowest BCUT2D eigenvalue weighted by Crippen LogP contribution is -2.18. The van der Waals surface area contributed by atoms with E-state index in [0.717, 1.165) is 31.0 Å². The molecule has 0 aliphatic rings. The van der Waals surface area contributed by atoms with Gasteiger partial charge in [-0.3, -0.25) is 0 Å². The van der Waals surface area contributed by atoms with Crippen molar-refractivity contribution in [2.45, 2.75) is 46.3 Å². The lowest BCUT2D eigenvalue weighted by molar-refractivity contribution is -0.137. The van der Waals surface area contributed by atoms with Crippen LogP contribution in [0.2, 0.25) is 0 Å². The molecule has 0 aliphatic heterocycles. The zero-order chi connectivity index (χ0) is 17.2. The van der Waals surface area contributed by atoms with Crippen molar-refractivity contribution in [1.82, 2.24) is 5.32 Å². The predicted molar refractivity (Wildman–Crippen MR) is 83.1 cm³/mol. The fourth-order valence-electron chi connectivity index (χ4n) is 1.66. The minimum Gasteiger partial charge on any atom is -0.313 e. The van der Waals surface area contributed by atoms with Crippen LogP contribution in [0.4, 0.5) is 17.6 Å². The molecule has 126 valence electrons. The van der Waals surface area contributed by atoms with E-state index in [1.807, 2.05) is 6.92 Å². The van der Waals surface area contributed by atoms with Crippen LogP contribution in [0.1, 0.15) is 44.7 Å². The molecule has 1 N–H and O–H groups in total. The summed E-state index contributed by atoms with van der Waals surface area (Å²) in [6.07, 6.45) is -0.699. The predicted octanol–water partition coefficient (Wildman–Crippen LogP) is 5.56. The van der Waals surface area contributed by atoms with Crippen molar-refractivity contribution in [2.24, 2.45) is 5.92 Å². The second-order valence-electron chi connectivity index (χ2n) is 5.19. The number of halogens is 4. The molecule has 1 aromatic rings. The first-order valence-corrected chi connectivity index (χ1v) is 7.39. The standard InChI is InChI=1S/C14H19F4N.C3H6/c1-3-10(2)6-7-19-9-11-8-12(14(16,17)18)4-5-13(11)15;1-3-2/h4-5,8,10,19H,3,6-7,9H2,1-2H3;3H,1H2,2H3. The smallest absolute Gasteiger partial charge is 0.313 e. The van der Waals surface area contributed by atoms with Crippen molar-refractivity contribution < 1.29 is 17.6 Å². The van der Waals surface area contributed by atoms with Crippen LogP contribution in [0.5, 0.6) is 0 Å². The van der Waals surface area contributed by atoms with Gasteiger partial charge in [-0.05, 0) is 44.0 Å². The Bertz CT molecular complexity index is 441. The van der Waals surface area contributed by atoms with Crippen LogP contribution in [0, 0.1) is 11.7 Å². The SMILES string of the molecule is C=CC.CCC(C)CCNCc1cc(C(F)(F)F)ccc1F. The van der Waals surface area contributed by atoms with Gasteiger partial charge in [-0.1, -0.05) is 26.3 Å². The third-order valence-electron chi connectivity index (χ3n) is 3.20. The van der Waals surface area contributed by atoms with Crippen molar-refractivity contribution in [3.8, 4) is 0 Å². The molecular formula is C17H25F4N. The summed E-state index contributed by atoms with van der Waals surface area (Å²) in [5.74, 6) is -0.0529. The van der Waals surface area contributed by atoms with Gasteiger partial charge in [0.25, 0.3) is 0 Å². The summed E-state index contributed by atoms with van der Waals surface area (Å²) in [4.78, 5) is 0. The molecule has 0 spiro atoms. The van der Waals surface area contributed by atoms with Crippen molar-refractivity contribution in [3.05, 3.63) is 47.8 Å². The normalized spacial score (nSPS) is 12.3. The van der Waals surface area contributed by atoms with E-state index in [1.165, 1.54) is 0 Å². The van der Waals surface area contributed by atoms with Gasteiger partial charge in [0.15, 0.2) is 0 Å². The minimum atomic E-state index is -4.43. The second-order valence-corrected chi connectivity index (χ2v) is 5.19. The summed E-state index contributed by atoms with van der Waals surface area (Å²) in [5, 5.41) is 2.98. The highest BCUT2D eigenvalue weighted by atomic mass is 19.4. The molecule has 1 unspecified atom stereocenters. The molecule has 0 bridgehead atoms. The van der Waals surface area contributed by atoms with Crippen molar-refractivity contribution in [3.63, 3.8) is 0 Å². The maximum absolute atomic E-state index is 13.4. The first kappa shape index (κ1) is 20.6. The molecule has 1 atom stereocenters. The van der Waals surface area contributed by atoms with Gasteiger partial charge in [-0.2, -0.15) is 13.2 Å². The van der Waals surface area contributed by atoms with Crippen LogP contribution in [0.15, 0.2) is 30.9 Å².